The van der Waals surface area contributed by atoms with Crippen LogP contribution in [0.2, 0.25) is 0 Å². The van der Waals surface area contributed by atoms with Crippen molar-refractivity contribution in [3.05, 3.63) is 35.4 Å². The summed E-state index contributed by atoms with van der Waals surface area (Å²) in [6, 6.07) is 7.85. The van der Waals surface area contributed by atoms with Crippen LogP contribution in [0.25, 0.3) is 0 Å². The van der Waals surface area contributed by atoms with E-state index in [2.05, 4.69) is 0 Å². The molecule has 1 aromatic carbocycles. The standard InChI is InChI=1S/C14H19NO/c1-2-5-14(16)13-9-7-12(8-10-13)6-3-4-11-15/h7-10H,2-6,11H2,1H3. The number of benzene rings is 1. The normalized spacial score (nSPS) is 10.4. The summed E-state index contributed by atoms with van der Waals surface area (Å²) in [5, 5.41) is 0. The fourth-order valence-electron chi connectivity index (χ4n) is 1.67. The number of aryl methyl sites for hydroxylation is 1. The Morgan fingerprint density at radius 2 is 1.88 bits per heavy atom. The molecular weight excluding hydrogens is 198 g/mol. The Morgan fingerprint density at radius 1 is 1.19 bits per heavy atom. The third-order valence-electron chi connectivity index (χ3n) is 2.63. The Bertz CT molecular complexity index is 316. The Balaban J connectivity index is 2.50. The highest BCUT2D eigenvalue weighted by Crippen LogP contribution is 2.10. The zero-order valence-electron chi connectivity index (χ0n) is 9.91. The first-order chi connectivity index (χ1) is 7.77. The van der Waals surface area contributed by atoms with Crippen LogP contribution in [-0.2, 0) is 6.42 Å². The Labute approximate surface area is 97.9 Å². The van der Waals surface area contributed by atoms with Gasteiger partial charge in [0, 0.05) is 18.5 Å². The van der Waals surface area contributed by atoms with Crippen LogP contribution < -0.4 is 5.73 Å². The van der Waals surface area contributed by atoms with Crippen molar-refractivity contribution in [2.45, 2.75) is 39.0 Å². The van der Waals surface area contributed by atoms with E-state index in [1.165, 1.54) is 5.56 Å². The van der Waals surface area contributed by atoms with E-state index in [0.29, 0.717) is 6.42 Å². The second-order valence-corrected chi connectivity index (χ2v) is 4.05. The van der Waals surface area contributed by atoms with Crippen molar-refractivity contribution in [2.24, 2.45) is 0 Å². The van der Waals surface area contributed by atoms with Crippen molar-refractivity contribution in [1.82, 2.24) is 5.73 Å². The first kappa shape index (κ1) is 12.9. The first-order valence-electron chi connectivity index (χ1n) is 6.01. The number of hydrogen-bond donors (Lipinski definition) is 0. The van der Waals surface area contributed by atoms with Gasteiger partial charge in [-0.2, -0.15) is 0 Å². The molecule has 0 aliphatic rings. The van der Waals surface area contributed by atoms with Crippen LogP contribution in [-0.4, -0.2) is 12.3 Å². The summed E-state index contributed by atoms with van der Waals surface area (Å²) in [7, 11) is 0. The molecular formula is C14H19NO. The predicted molar refractivity (Wildman–Crippen MR) is 65.6 cm³/mol. The van der Waals surface area contributed by atoms with E-state index in [9.17, 15) is 4.79 Å². The molecule has 2 radical (unpaired) electrons. The monoisotopic (exact) mass is 217 g/mol. The molecule has 1 rings (SSSR count). The minimum absolute atomic E-state index is 0.226. The summed E-state index contributed by atoms with van der Waals surface area (Å²) in [6.45, 7) is 2.27. The zero-order valence-corrected chi connectivity index (χ0v) is 9.91. The molecule has 0 aliphatic heterocycles. The SMILES string of the molecule is CCCC(=O)c1ccc(CCCC[N])cc1. The van der Waals surface area contributed by atoms with E-state index in [1.54, 1.807) is 0 Å². The zero-order chi connectivity index (χ0) is 11.8. The molecule has 0 aliphatic carbocycles. The van der Waals surface area contributed by atoms with E-state index >= 15 is 0 Å². The molecule has 0 aromatic heterocycles. The third kappa shape index (κ3) is 4.15. The summed E-state index contributed by atoms with van der Waals surface area (Å²) in [4.78, 5) is 11.6. The molecule has 0 fully saturated rings. The van der Waals surface area contributed by atoms with Crippen LogP contribution >= 0.6 is 0 Å². The van der Waals surface area contributed by atoms with Crippen LogP contribution in [0.5, 0.6) is 0 Å². The van der Waals surface area contributed by atoms with E-state index < -0.39 is 0 Å². The van der Waals surface area contributed by atoms with E-state index in [1.807, 2.05) is 31.2 Å². The van der Waals surface area contributed by atoms with Crippen LogP contribution in [0, 0.1) is 0 Å². The number of nitrogens with zero attached hydrogens (tertiary/aromatic N) is 1. The number of rotatable bonds is 7. The number of carbonyl (C=O) groups is 1. The van der Waals surface area contributed by atoms with Gasteiger partial charge in [0.15, 0.2) is 5.78 Å². The summed E-state index contributed by atoms with van der Waals surface area (Å²) in [6.07, 6.45) is 4.35. The predicted octanol–water partition coefficient (Wildman–Crippen LogP) is 3.06. The molecule has 16 heavy (non-hydrogen) atoms. The van der Waals surface area contributed by atoms with Crippen molar-refractivity contribution in [1.29, 1.82) is 0 Å². The van der Waals surface area contributed by atoms with Crippen molar-refractivity contribution in [3.63, 3.8) is 0 Å². The highest BCUT2D eigenvalue weighted by atomic mass is 16.1. The highest BCUT2D eigenvalue weighted by Gasteiger charge is 2.03. The van der Waals surface area contributed by atoms with Gasteiger partial charge in [0.1, 0.15) is 0 Å². The van der Waals surface area contributed by atoms with E-state index in [-0.39, 0.29) is 12.3 Å². The van der Waals surface area contributed by atoms with Crippen molar-refractivity contribution >= 4 is 5.78 Å². The number of hydrogen-bond acceptors (Lipinski definition) is 1. The fourth-order valence-corrected chi connectivity index (χ4v) is 1.67. The summed E-state index contributed by atoms with van der Waals surface area (Å²) in [5.41, 5.74) is 10.7. The molecule has 0 atom stereocenters. The Kier molecular flexibility index (Phi) is 5.79. The molecule has 0 saturated carbocycles. The first-order valence-corrected chi connectivity index (χ1v) is 6.01. The van der Waals surface area contributed by atoms with E-state index in [0.717, 1.165) is 31.2 Å². The van der Waals surface area contributed by atoms with Gasteiger partial charge < -0.3 is 0 Å². The molecule has 0 bridgehead atoms. The van der Waals surface area contributed by atoms with Gasteiger partial charge in [0.05, 0.1) is 0 Å². The minimum Gasteiger partial charge on any atom is -0.294 e. The van der Waals surface area contributed by atoms with Crippen molar-refractivity contribution in [3.8, 4) is 0 Å². The topological polar surface area (TPSA) is 39.4 Å². The summed E-state index contributed by atoms with van der Waals surface area (Å²) in [5.74, 6) is 0.226. The van der Waals surface area contributed by atoms with Crippen molar-refractivity contribution in [2.75, 3.05) is 6.54 Å². The van der Waals surface area contributed by atoms with Gasteiger partial charge in [-0.3, -0.25) is 4.79 Å². The number of ketones is 1. The molecule has 2 heteroatoms. The molecule has 0 unspecified atom stereocenters. The van der Waals surface area contributed by atoms with Crippen LogP contribution in [0.4, 0.5) is 0 Å². The van der Waals surface area contributed by atoms with Crippen LogP contribution in [0.3, 0.4) is 0 Å². The fraction of sp³-hybridized carbons (Fsp3) is 0.500. The van der Waals surface area contributed by atoms with E-state index in [4.69, 9.17) is 5.73 Å². The third-order valence-corrected chi connectivity index (χ3v) is 2.63. The molecule has 0 spiro atoms. The second-order valence-electron chi connectivity index (χ2n) is 4.05. The Morgan fingerprint density at radius 3 is 2.44 bits per heavy atom. The summed E-state index contributed by atoms with van der Waals surface area (Å²) < 4.78 is 0. The molecule has 86 valence electrons. The molecule has 1 aromatic rings. The minimum atomic E-state index is 0.226. The van der Waals surface area contributed by atoms with Crippen molar-refractivity contribution < 1.29 is 4.79 Å². The lowest BCUT2D eigenvalue weighted by Gasteiger charge is -2.02. The van der Waals surface area contributed by atoms with Gasteiger partial charge >= 0.3 is 0 Å². The largest absolute Gasteiger partial charge is 0.294 e. The number of Topliss-reactive ketones (excluding diaryl/α,β-unsaturated/α-hetero) is 1. The number of carbonyl (C=O) groups excluding carboxylic acids is 1. The maximum absolute atomic E-state index is 11.6. The average Bonchev–Trinajstić information content (AvgIpc) is 2.30. The van der Waals surface area contributed by atoms with Crippen LogP contribution in [0.1, 0.15) is 48.5 Å². The second kappa shape index (κ2) is 7.18. The lowest BCUT2D eigenvalue weighted by Crippen LogP contribution is -1.98. The van der Waals surface area contributed by atoms with Gasteiger partial charge in [-0.25, -0.2) is 0 Å². The lowest BCUT2D eigenvalue weighted by molar-refractivity contribution is 0.0982. The smallest absolute Gasteiger partial charge is 0.162 e. The molecule has 0 saturated heterocycles. The van der Waals surface area contributed by atoms with Gasteiger partial charge in [-0.05, 0) is 31.2 Å². The molecule has 0 heterocycles. The van der Waals surface area contributed by atoms with Gasteiger partial charge in [-0.1, -0.05) is 31.2 Å². The lowest BCUT2D eigenvalue weighted by atomic mass is 10.0. The number of unbranched alkanes of at least 4 members (excludes halogenated alkanes) is 1. The highest BCUT2D eigenvalue weighted by molar-refractivity contribution is 5.95. The average molecular weight is 217 g/mol. The Hall–Kier alpha value is -1.15. The summed E-state index contributed by atoms with van der Waals surface area (Å²) >= 11 is 0. The van der Waals surface area contributed by atoms with Gasteiger partial charge in [0.2, 0.25) is 0 Å². The maximum Gasteiger partial charge on any atom is 0.162 e. The van der Waals surface area contributed by atoms with Gasteiger partial charge in [-0.15, -0.1) is 5.73 Å². The molecule has 2 nitrogen and oxygen atoms in total. The molecule has 0 amide bonds. The quantitative estimate of drug-likeness (QED) is 0.511. The molecule has 0 N–H and O–H groups in total. The van der Waals surface area contributed by atoms with Gasteiger partial charge in [0.25, 0.3) is 0 Å². The van der Waals surface area contributed by atoms with Crippen LogP contribution in [0.15, 0.2) is 24.3 Å². The maximum atomic E-state index is 11.6.